The summed E-state index contributed by atoms with van der Waals surface area (Å²) in [6, 6.07) is 49.9. The minimum absolute atomic E-state index is 0. The molecule has 0 aliphatic heterocycles. The maximum atomic E-state index is 6.54. The number of pyridine rings is 3. The molecular weight excluding hydrogens is 803 g/mol. The second-order valence-electron chi connectivity index (χ2n) is 13.6. The largest absolute Gasteiger partial charge is 0.500 e. The second-order valence-corrected chi connectivity index (χ2v) is 13.6. The minimum Gasteiger partial charge on any atom is -0.500 e. The Balaban J connectivity index is 0.000000265. The van der Waals surface area contributed by atoms with Crippen molar-refractivity contribution in [2.75, 3.05) is 0 Å². The molecule has 0 aliphatic carbocycles. The molecule has 4 heterocycles. The summed E-state index contributed by atoms with van der Waals surface area (Å²) >= 11 is 0. The van der Waals surface area contributed by atoms with E-state index in [0.29, 0.717) is 0 Å². The maximum absolute atomic E-state index is 6.54. The van der Waals surface area contributed by atoms with Gasteiger partial charge in [0.25, 0.3) is 0 Å². The van der Waals surface area contributed by atoms with Crippen LogP contribution >= 0.6 is 0 Å². The van der Waals surface area contributed by atoms with Crippen LogP contribution in [0.25, 0.3) is 77.3 Å². The Labute approximate surface area is 311 Å². The first kappa shape index (κ1) is 34.0. The molecule has 51 heavy (non-hydrogen) atoms. The van der Waals surface area contributed by atoms with Crippen LogP contribution in [-0.4, -0.2) is 15.0 Å². The molecule has 0 fully saturated rings. The van der Waals surface area contributed by atoms with Crippen LogP contribution in [0.4, 0.5) is 0 Å². The zero-order valence-electron chi connectivity index (χ0n) is 28.9. The molecule has 0 unspecified atom stereocenters. The van der Waals surface area contributed by atoms with Gasteiger partial charge in [0.2, 0.25) is 0 Å². The molecule has 0 saturated heterocycles. The summed E-state index contributed by atoms with van der Waals surface area (Å²) in [5.74, 6) is 0. The topological polar surface area (TPSA) is 51.8 Å². The predicted octanol–water partition coefficient (Wildman–Crippen LogP) is 12.0. The molecule has 0 atom stereocenters. The molecule has 0 bridgehead atoms. The third-order valence-electron chi connectivity index (χ3n) is 9.10. The first-order valence-electron chi connectivity index (χ1n) is 16.8. The Morgan fingerprint density at radius 3 is 2.20 bits per heavy atom. The van der Waals surface area contributed by atoms with Crippen LogP contribution in [0.1, 0.15) is 32.0 Å². The van der Waals surface area contributed by atoms with E-state index in [4.69, 9.17) is 14.4 Å². The summed E-state index contributed by atoms with van der Waals surface area (Å²) in [7, 11) is 0. The summed E-state index contributed by atoms with van der Waals surface area (Å²) in [4.78, 5) is 13.9. The summed E-state index contributed by atoms with van der Waals surface area (Å²) in [5.41, 5.74) is 11.1. The quantitative estimate of drug-likeness (QED) is 0.166. The van der Waals surface area contributed by atoms with Crippen LogP contribution < -0.4 is 0 Å². The average Bonchev–Trinajstić information content (AvgIpc) is 3.55. The number of hydrogen-bond acceptors (Lipinski definition) is 4. The van der Waals surface area contributed by atoms with Crippen molar-refractivity contribution in [3.05, 3.63) is 163 Å². The van der Waals surface area contributed by atoms with Gasteiger partial charge in [-0.1, -0.05) is 92.4 Å². The van der Waals surface area contributed by atoms with Crippen LogP contribution in [0.2, 0.25) is 0 Å². The summed E-state index contributed by atoms with van der Waals surface area (Å²) in [6.45, 7) is 8.74. The van der Waals surface area contributed by atoms with Crippen molar-refractivity contribution in [2.24, 2.45) is 0 Å². The number of rotatable bonds is 3. The molecule has 9 rings (SSSR count). The van der Waals surface area contributed by atoms with Gasteiger partial charge in [-0.25, -0.2) is 0 Å². The number of hydrogen-bond donors (Lipinski definition) is 0. The van der Waals surface area contributed by atoms with Gasteiger partial charge in [0.15, 0.2) is 0 Å². The number of furan rings is 1. The number of benzene rings is 5. The number of nitrogens with zero attached hydrogens (tertiary/aromatic N) is 3. The van der Waals surface area contributed by atoms with Gasteiger partial charge in [-0.15, -0.1) is 54.1 Å². The van der Waals surface area contributed by atoms with E-state index in [-0.39, 0.29) is 25.5 Å². The van der Waals surface area contributed by atoms with Crippen molar-refractivity contribution in [3.63, 3.8) is 0 Å². The van der Waals surface area contributed by atoms with Crippen molar-refractivity contribution >= 4 is 43.6 Å². The molecule has 0 N–H and O–H groups in total. The molecule has 4 aromatic heterocycles. The molecule has 4 nitrogen and oxygen atoms in total. The Hall–Kier alpha value is -5.48. The van der Waals surface area contributed by atoms with Crippen LogP contribution in [0.15, 0.2) is 144 Å². The van der Waals surface area contributed by atoms with E-state index in [0.717, 1.165) is 72.0 Å². The first-order chi connectivity index (χ1) is 24.3. The number of fused-ring (bicyclic) bond motifs is 6. The van der Waals surface area contributed by atoms with E-state index in [1.54, 1.807) is 6.20 Å². The fourth-order valence-electron chi connectivity index (χ4n) is 6.47. The van der Waals surface area contributed by atoms with E-state index in [9.17, 15) is 0 Å². The van der Waals surface area contributed by atoms with Crippen molar-refractivity contribution in [1.29, 1.82) is 0 Å². The van der Waals surface area contributed by atoms with Gasteiger partial charge < -0.3 is 14.4 Å². The Bertz CT molecular complexity index is 2600. The van der Waals surface area contributed by atoms with E-state index in [2.05, 4.69) is 124 Å². The van der Waals surface area contributed by atoms with Crippen molar-refractivity contribution in [1.82, 2.24) is 15.0 Å². The zero-order chi connectivity index (χ0) is 34.2. The summed E-state index contributed by atoms with van der Waals surface area (Å²) in [5, 5.41) is 5.60. The van der Waals surface area contributed by atoms with Crippen molar-refractivity contribution in [3.8, 4) is 33.6 Å². The van der Waals surface area contributed by atoms with Crippen LogP contribution in [0.3, 0.4) is 0 Å². The Kier molecular flexibility index (Phi) is 9.35. The number of aryl methyl sites for hydroxylation is 1. The maximum Gasteiger partial charge on any atom is 0.128 e. The molecule has 0 spiro atoms. The van der Waals surface area contributed by atoms with Gasteiger partial charge in [-0.2, -0.15) is 0 Å². The smallest absolute Gasteiger partial charge is 0.128 e. The van der Waals surface area contributed by atoms with E-state index in [1.807, 2.05) is 54.7 Å². The van der Waals surface area contributed by atoms with Gasteiger partial charge in [0.05, 0.1) is 11.1 Å². The van der Waals surface area contributed by atoms with E-state index < -0.39 is 0 Å². The second kappa shape index (κ2) is 14.0. The molecule has 0 aliphatic rings. The Morgan fingerprint density at radius 2 is 1.39 bits per heavy atom. The average molecular weight is 838 g/mol. The van der Waals surface area contributed by atoms with Gasteiger partial charge in [-0.05, 0) is 70.7 Å². The molecule has 9 aromatic rings. The standard InChI is InChI=1S/C35H27N2O.C11H8N.Ir/c1-21-18-30-24(13-15-32(37-30)35(2,3)4)19-29(21)23-16-17-36-31(20-23)28-11-7-10-26-27-14-12-22-8-5-6-9-25(22)33(27)38-34(26)28;1-2-6-10(7-3-1)11-8-4-5-9-12-11;/h5-10,12-20H,1-4H3;1-6,8-9H;/q2*-1;. The molecule has 5 heteroatoms. The fourth-order valence-corrected chi connectivity index (χ4v) is 6.47. The summed E-state index contributed by atoms with van der Waals surface area (Å²) in [6.07, 6.45) is 3.66. The molecular formula is C46H35IrN3O-2. The first-order valence-corrected chi connectivity index (χ1v) is 16.8. The SMILES string of the molecule is Cc1cc2nc(C(C)(C)C)ccc2cc1-c1ccnc(-c2[c-]ccc3c2oc2c4ccccc4ccc32)c1.[Ir].[c-]1ccccc1-c1ccccn1. The normalized spacial score (nSPS) is 11.4. The van der Waals surface area contributed by atoms with Crippen LogP contribution in [-0.2, 0) is 25.5 Å². The van der Waals surface area contributed by atoms with E-state index >= 15 is 0 Å². The molecule has 0 saturated carbocycles. The van der Waals surface area contributed by atoms with Gasteiger partial charge in [-0.3, -0.25) is 4.98 Å². The molecule has 0 amide bonds. The van der Waals surface area contributed by atoms with Crippen molar-refractivity contribution in [2.45, 2.75) is 33.1 Å². The third kappa shape index (κ3) is 6.71. The zero-order valence-corrected chi connectivity index (χ0v) is 31.3. The van der Waals surface area contributed by atoms with Gasteiger partial charge >= 0.3 is 0 Å². The van der Waals surface area contributed by atoms with Crippen molar-refractivity contribution < 1.29 is 24.5 Å². The molecule has 5 aromatic carbocycles. The fraction of sp³-hybridized carbons (Fsp3) is 0.109. The summed E-state index contributed by atoms with van der Waals surface area (Å²) < 4.78 is 6.54. The minimum atomic E-state index is 0. The van der Waals surface area contributed by atoms with Crippen LogP contribution in [0, 0.1) is 19.1 Å². The Morgan fingerprint density at radius 1 is 0.608 bits per heavy atom. The number of aromatic nitrogens is 3. The van der Waals surface area contributed by atoms with E-state index in [1.165, 1.54) is 16.5 Å². The monoisotopic (exact) mass is 838 g/mol. The third-order valence-corrected chi connectivity index (χ3v) is 9.10. The van der Waals surface area contributed by atoms with Gasteiger partial charge in [0.1, 0.15) is 5.58 Å². The molecule has 1 radical (unpaired) electrons. The molecule has 251 valence electrons. The van der Waals surface area contributed by atoms with Crippen LogP contribution in [0.5, 0.6) is 0 Å². The van der Waals surface area contributed by atoms with Gasteiger partial charge in [0, 0.05) is 59.8 Å². The predicted molar refractivity (Wildman–Crippen MR) is 206 cm³/mol.